The number of rotatable bonds is 4. The van der Waals surface area contributed by atoms with E-state index in [1.165, 1.54) is 31.4 Å². The van der Waals surface area contributed by atoms with Crippen molar-refractivity contribution in [3.8, 4) is 0 Å². The van der Waals surface area contributed by atoms with E-state index in [2.05, 4.69) is 22.8 Å². The van der Waals surface area contributed by atoms with Gasteiger partial charge in [-0.15, -0.1) is 0 Å². The van der Waals surface area contributed by atoms with Crippen LogP contribution in [0, 0.1) is 16.0 Å². The number of thiocarbonyl (C=S) groups is 1. The first-order chi connectivity index (χ1) is 11.0. The summed E-state index contributed by atoms with van der Waals surface area (Å²) in [6.45, 7) is 4.02. The van der Waals surface area contributed by atoms with Crippen LogP contribution in [0.3, 0.4) is 0 Å². The Labute approximate surface area is 141 Å². The quantitative estimate of drug-likeness (QED) is 0.382. The highest BCUT2D eigenvalue weighted by molar-refractivity contribution is 7.80. The fraction of sp³-hybridized carbons (Fsp3) is 0.500. The lowest BCUT2D eigenvalue weighted by Gasteiger charge is -2.30. The van der Waals surface area contributed by atoms with Gasteiger partial charge in [-0.2, -0.15) is 5.10 Å². The first-order valence-corrected chi connectivity index (χ1v) is 8.24. The van der Waals surface area contributed by atoms with Crippen molar-refractivity contribution in [2.75, 3.05) is 0 Å². The van der Waals surface area contributed by atoms with Gasteiger partial charge in [0.05, 0.1) is 10.6 Å². The third-order valence-corrected chi connectivity index (χ3v) is 4.44. The molecule has 1 aromatic rings. The number of hydrogen-bond acceptors (Lipinski definition) is 4. The predicted molar refractivity (Wildman–Crippen MR) is 95.6 cm³/mol. The van der Waals surface area contributed by atoms with Crippen LogP contribution in [0.1, 0.15) is 45.1 Å². The Balaban J connectivity index is 1.94. The van der Waals surface area contributed by atoms with Crippen molar-refractivity contribution in [3.63, 3.8) is 0 Å². The second-order valence-corrected chi connectivity index (χ2v) is 6.37. The molecule has 0 radical (unpaired) electrons. The third-order valence-electron chi connectivity index (χ3n) is 4.23. The van der Waals surface area contributed by atoms with Crippen LogP contribution in [0.25, 0.3) is 0 Å². The monoisotopic (exact) mass is 334 g/mol. The Hall–Kier alpha value is -2.02. The standard InChI is InChI=1S/C16H22N4O2S/c1-11-6-3-4-9-15(11)17-16(23)19-18-12(2)13-7-5-8-14(10-13)20(21)22/h5,7-8,10-11,15H,3-4,6,9H2,1-2H3,(H2,17,19,23)/b18-12-/t11-,15+/m0/s1. The number of nitro benzene ring substituents is 1. The Kier molecular flexibility index (Phi) is 6.04. The highest BCUT2D eigenvalue weighted by atomic mass is 32.1. The van der Waals surface area contributed by atoms with Gasteiger partial charge < -0.3 is 5.32 Å². The summed E-state index contributed by atoms with van der Waals surface area (Å²) in [5, 5.41) is 18.8. The molecule has 1 saturated carbocycles. The van der Waals surface area contributed by atoms with Gasteiger partial charge in [-0.25, -0.2) is 0 Å². The summed E-state index contributed by atoms with van der Waals surface area (Å²) in [5.41, 5.74) is 4.23. The lowest BCUT2D eigenvalue weighted by atomic mass is 9.86. The maximum atomic E-state index is 10.8. The molecule has 0 aromatic heterocycles. The minimum atomic E-state index is -0.416. The van der Waals surface area contributed by atoms with Crippen LogP contribution < -0.4 is 10.7 Å². The largest absolute Gasteiger partial charge is 0.358 e. The number of hydrogen-bond donors (Lipinski definition) is 2. The third kappa shape index (κ3) is 4.99. The van der Waals surface area contributed by atoms with Crippen molar-refractivity contribution < 1.29 is 4.92 Å². The predicted octanol–water partition coefficient (Wildman–Crippen LogP) is 3.36. The van der Waals surface area contributed by atoms with Gasteiger partial charge in [0, 0.05) is 23.7 Å². The number of hydrazone groups is 1. The van der Waals surface area contributed by atoms with Crippen molar-refractivity contribution in [2.45, 2.75) is 45.6 Å². The molecule has 1 fully saturated rings. The maximum absolute atomic E-state index is 10.8. The van der Waals surface area contributed by atoms with Gasteiger partial charge in [0.15, 0.2) is 5.11 Å². The molecular formula is C16H22N4O2S. The molecule has 2 rings (SSSR count). The molecule has 0 heterocycles. The zero-order chi connectivity index (χ0) is 16.8. The molecule has 0 aliphatic heterocycles. The second-order valence-electron chi connectivity index (χ2n) is 5.96. The first kappa shape index (κ1) is 17.3. The molecule has 6 nitrogen and oxygen atoms in total. The van der Waals surface area contributed by atoms with E-state index in [1.807, 2.05) is 0 Å². The Morgan fingerprint density at radius 3 is 2.83 bits per heavy atom. The summed E-state index contributed by atoms with van der Waals surface area (Å²) in [4.78, 5) is 10.4. The zero-order valence-corrected chi connectivity index (χ0v) is 14.2. The van der Waals surface area contributed by atoms with E-state index in [-0.39, 0.29) is 5.69 Å². The minimum Gasteiger partial charge on any atom is -0.358 e. The smallest absolute Gasteiger partial charge is 0.270 e. The number of benzene rings is 1. The molecule has 0 bridgehead atoms. The summed E-state index contributed by atoms with van der Waals surface area (Å²) in [5.74, 6) is 0.602. The van der Waals surface area contributed by atoms with E-state index in [9.17, 15) is 10.1 Å². The van der Waals surface area contributed by atoms with E-state index in [0.29, 0.717) is 28.3 Å². The SMILES string of the molecule is C/C(=N/NC(=S)N[C@@H]1CCCC[C@@H]1C)c1cccc([N+](=O)[O-])c1. The molecule has 2 atom stereocenters. The summed E-state index contributed by atoms with van der Waals surface area (Å²) < 4.78 is 0. The van der Waals surface area contributed by atoms with Crippen LogP contribution in [-0.4, -0.2) is 21.8 Å². The molecule has 1 aromatic carbocycles. The number of nitrogens with zero attached hydrogens (tertiary/aromatic N) is 2. The number of nitro groups is 1. The molecule has 0 unspecified atom stereocenters. The van der Waals surface area contributed by atoms with E-state index < -0.39 is 4.92 Å². The van der Waals surface area contributed by atoms with Gasteiger partial charge >= 0.3 is 0 Å². The number of nitrogens with one attached hydrogen (secondary N) is 2. The molecule has 23 heavy (non-hydrogen) atoms. The van der Waals surface area contributed by atoms with E-state index in [4.69, 9.17) is 12.2 Å². The van der Waals surface area contributed by atoms with Crippen molar-refractivity contribution in [1.82, 2.24) is 10.7 Å². The first-order valence-electron chi connectivity index (χ1n) is 7.83. The molecule has 0 amide bonds. The van der Waals surface area contributed by atoms with E-state index >= 15 is 0 Å². The summed E-state index contributed by atoms with van der Waals surface area (Å²) in [7, 11) is 0. The molecule has 0 saturated heterocycles. The topological polar surface area (TPSA) is 79.6 Å². The average Bonchev–Trinajstić information content (AvgIpc) is 2.55. The molecule has 1 aliphatic carbocycles. The zero-order valence-electron chi connectivity index (χ0n) is 13.4. The lowest BCUT2D eigenvalue weighted by Crippen LogP contribution is -2.44. The highest BCUT2D eigenvalue weighted by Crippen LogP contribution is 2.23. The maximum Gasteiger partial charge on any atom is 0.270 e. The Morgan fingerprint density at radius 2 is 2.13 bits per heavy atom. The summed E-state index contributed by atoms with van der Waals surface area (Å²) in [6, 6.07) is 6.78. The molecular weight excluding hydrogens is 312 g/mol. The van der Waals surface area contributed by atoms with Crippen molar-refractivity contribution in [1.29, 1.82) is 0 Å². The lowest BCUT2D eigenvalue weighted by molar-refractivity contribution is -0.384. The van der Waals surface area contributed by atoms with Gasteiger partial charge in [0.1, 0.15) is 0 Å². The van der Waals surface area contributed by atoms with Crippen molar-refractivity contribution in [3.05, 3.63) is 39.9 Å². The van der Waals surface area contributed by atoms with Crippen LogP contribution in [0.4, 0.5) is 5.69 Å². The number of non-ortho nitro benzene ring substituents is 1. The second kappa shape index (κ2) is 8.01. The Bertz CT molecular complexity index is 618. The van der Waals surface area contributed by atoms with Crippen LogP contribution >= 0.6 is 12.2 Å². The molecule has 0 spiro atoms. The molecule has 2 N–H and O–H groups in total. The van der Waals surface area contributed by atoms with Gasteiger partial charge in [0.25, 0.3) is 5.69 Å². The van der Waals surface area contributed by atoms with Crippen molar-refractivity contribution in [2.24, 2.45) is 11.0 Å². The normalized spacial score (nSPS) is 21.6. The van der Waals surface area contributed by atoms with Crippen LogP contribution in [0.5, 0.6) is 0 Å². The van der Waals surface area contributed by atoms with Gasteiger partial charge in [-0.1, -0.05) is 31.9 Å². The summed E-state index contributed by atoms with van der Waals surface area (Å²) in [6.07, 6.45) is 4.84. The van der Waals surface area contributed by atoms with Crippen LogP contribution in [-0.2, 0) is 0 Å². The van der Waals surface area contributed by atoms with Gasteiger partial charge in [-0.05, 0) is 37.9 Å². The molecule has 124 valence electrons. The van der Waals surface area contributed by atoms with Gasteiger partial charge in [-0.3, -0.25) is 15.5 Å². The fourth-order valence-corrected chi connectivity index (χ4v) is 2.97. The molecule has 1 aliphatic rings. The minimum absolute atomic E-state index is 0.0498. The fourth-order valence-electron chi connectivity index (χ4n) is 2.78. The van der Waals surface area contributed by atoms with Crippen LogP contribution in [0.2, 0.25) is 0 Å². The highest BCUT2D eigenvalue weighted by Gasteiger charge is 2.21. The van der Waals surface area contributed by atoms with E-state index in [1.54, 1.807) is 19.1 Å². The van der Waals surface area contributed by atoms with Gasteiger partial charge in [0.2, 0.25) is 0 Å². The van der Waals surface area contributed by atoms with Crippen molar-refractivity contribution >= 4 is 28.7 Å². The average molecular weight is 334 g/mol. The van der Waals surface area contributed by atoms with Crippen LogP contribution in [0.15, 0.2) is 29.4 Å². The van der Waals surface area contributed by atoms with E-state index in [0.717, 1.165) is 6.42 Å². The Morgan fingerprint density at radius 1 is 1.39 bits per heavy atom. The molecule has 7 heteroatoms. The summed E-state index contributed by atoms with van der Waals surface area (Å²) >= 11 is 5.29.